The summed E-state index contributed by atoms with van der Waals surface area (Å²) >= 11 is 0. The Morgan fingerprint density at radius 3 is 2.82 bits per heavy atom. The lowest BCUT2D eigenvalue weighted by Crippen LogP contribution is -2.17. The maximum atomic E-state index is 11.1. The van der Waals surface area contributed by atoms with E-state index < -0.39 is 11.0 Å². The molecule has 1 atom stereocenters. The smallest absolute Gasteiger partial charge is 0.278 e. The highest BCUT2D eigenvalue weighted by molar-refractivity contribution is 6.06. The highest BCUT2D eigenvalue weighted by atomic mass is 16.6. The molecule has 88 valence electrons. The quantitative estimate of drug-likeness (QED) is 0.588. The highest BCUT2D eigenvalue weighted by Gasteiger charge is 2.29. The molecule has 0 spiro atoms. The van der Waals surface area contributed by atoms with E-state index >= 15 is 0 Å². The van der Waals surface area contributed by atoms with Gasteiger partial charge >= 0.3 is 0 Å². The average Bonchev–Trinajstić information content (AvgIpc) is 2.78. The topological polar surface area (TPSA) is 81.8 Å². The summed E-state index contributed by atoms with van der Waals surface area (Å²) in [5.74, 6) is -0.137. The first kappa shape index (κ1) is 11.3. The Hall–Kier alpha value is -2.24. The first-order valence-electron chi connectivity index (χ1n) is 5.06. The molecule has 1 unspecified atom stereocenters. The molecule has 1 aromatic rings. The maximum Gasteiger partial charge on any atom is 0.278 e. The average molecular weight is 234 g/mol. The van der Waals surface area contributed by atoms with Crippen molar-refractivity contribution in [3.63, 3.8) is 0 Å². The molecular formula is C11H10N2O4. The van der Waals surface area contributed by atoms with Crippen LogP contribution in [0.1, 0.15) is 18.9 Å². The van der Waals surface area contributed by atoms with Gasteiger partial charge in [0.1, 0.15) is 0 Å². The van der Waals surface area contributed by atoms with Gasteiger partial charge in [0.25, 0.3) is 5.69 Å². The predicted molar refractivity (Wildman–Crippen MR) is 59.8 cm³/mol. The highest BCUT2D eigenvalue weighted by Crippen LogP contribution is 2.24. The molecule has 0 fully saturated rings. The number of carbonyl (C=O) groups is 1. The van der Waals surface area contributed by atoms with Gasteiger partial charge in [0, 0.05) is 12.5 Å². The van der Waals surface area contributed by atoms with E-state index in [2.05, 4.69) is 5.16 Å². The largest absolute Gasteiger partial charge is 0.384 e. The van der Waals surface area contributed by atoms with Crippen molar-refractivity contribution < 1.29 is 14.6 Å². The number of hydrogen-bond donors (Lipinski definition) is 0. The number of benzene rings is 1. The molecular weight excluding hydrogens is 224 g/mol. The van der Waals surface area contributed by atoms with Crippen molar-refractivity contribution in [2.75, 3.05) is 0 Å². The Kier molecular flexibility index (Phi) is 2.86. The first-order valence-corrected chi connectivity index (χ1v) is 5.06. The number of nitro groups is 1. The molecule has 1 heterocycles. The number of para-hydroxylation sites is 1. The third-order valence-electron chi connectivity index (χ3n) is 2.53. The molecule has 0 N–H and O–H groups in total. The summed E-state index contributed by atoms with van der Waals surface area (Å²) in [6.07, 6.45) is -0.343. The van der Waals surface area contributed by atoms with Gasteiger partial charge in [-0.1, -0.05) is 17.3 Å². The number of Topliss-reactive ketones (excluding diaryl/α,β-unsaturated/α-hetero) is 1. The van der Waals surface area contributed by atoms with Gasteiger partial charge in [0.15, 0.2) is 11.9 Å². The van der Waals surface area contributed by atoms with Crippen molar-refractivity contribution in [2.24, 2.45) is 5.16 Å². The zero-order chi connectivity index (χ0) is 12.4. The van der Waals surface area contributed by atoms with Crippen molar-refractivity contribution in [1.29, 1.82) is 0 Å². The zero-order valence-electron chi connectivity index (χ0n) is 9.12. The lowest BCUT2D eigenvalue weighted by Gasteiger charge is -2.02. The maximum absolute atomic E-state index is 11.1. The summed E-state index contributed by atoms with van der Waals surface area (Å²) < 4.78 is 0. The van der Waals surface area contributed by atoms with Crippen LogP contribution in [0, 0.1) is 10.1 Å². The van der Waals surface area contributed by atoms with E-state index in [1.165, 1.54) is 13.0 Å². The van der Waals surface area contributed by atoms with Gasteiger partial charge < -0.3 is 4.84 Å². The minimum absolute atomic E-state index is 0.0287. The molecule has 0 aliphatic carbocycles. The van der Waals surface area contributed by atoms with Gasteiger partial charge in [-0.15, -0.1) is 0 Å². The molecule has 2 rings (SSSR count). The molecule has 1 aromatic carbocycles. The standard InChI is InChI=1S/C11H10N2O4/c1-7(14)11-6-9(12-17-11)8-4-2-3-5-10(8)13(15)16/h2-5,11H,6H2,1H3. The molecule has 6 nitrogen and oxygen atoms in total. The van der Waals surface area contributed by atoms with Crippen LogP contribution in [0.5, 0.6) is 0 Å². The van der Waals surface area contributed by atoms with Crippen LogP contribution in [0.4, 0.5) is 5.69 Å². The Morgan fingerprint density at radius 1 is 1.53 bits per heavy atom. The van der Waals surface area contributed by atoms with Crippen LogP contribution in [0.15, 0.2) is 29.4 Å². The molecule has 1 aliphatic rings. The Morgan fingerprint density at radius 2 is 2.24 bits per heavy atom. The third kappa shape index (κ3) is 2.15. The Labute approximate surface area is 97.0 Å². The van der Waals surface area contributed by atoms with Crippen molar-refractivity contribution in [2.45, 2.75) is 19.4 Å². The SMILES string of the molecule is CC(=O)C1CC(c2ccccc2[N+](=O)[O-])=NO1. The van der Waals surface area contributed by atoms with Gasteiger partial charge in [-0.05, 0) is 13.0 Å². The number of hydrogen-bond acceptors (Lipinski definition) is 5. The van der Waals surface area contributed by atoms with Crippen LogP contribution in [0.3, 0.4) is 0 Å². The van der Waals surface area contributed by atoms with Crippen LogP contribution in [0.25, 0.3) is 0 Å². The van der Waals surface area contributed by atoms with Gasteiger partial charge in [-0.2, -0.15) is 0 Å². The van der Waals surface area contributed by atoms with Crippen LogP contribution in [0.2, 0.25) is 0 Å². The van der Waals surface area contributed by atoms with Crippen molar-refractivity contribution in [1.82, 2.24) is 0 Å². The normalized spacial score (nSPS) is 18.4. The van der Waals surface area contributed by atoms with E-state index in [1.807, 2.05) is 0 Å². The van der Waals surface area contributed by atoms with Crippen LogP contribution in [-0.2, 0) is 9.63 Å². The fourth-order valence-electron chi connectivity index (χ4n) is 1.63. The number of oxime groups is 1. The molecule has 0 radical (unpaired) electrons. The van der Waals surface area contributed by atoms with Gasteiger partial charge in [0.05, 0.1) is 16.2 Å². The number of nitrogens with zero attached hydrogens (tertiary/aromatic N) is 2. The molecule has 17 heavy (non-hydrogen) atoms. The number of ketones is 1. The third-order valence-corrected chi connectivity index (χ3v) is 2.53. The fraction of sp³-hybridized carbons (Fsp3) is 0.273. The summed E-state index contributed by atoms with van der Waals surface area (Å²) in [7, 11) is 0. The number of nitro benzene ring substituents is 1. The minimum Gasteiger partial charge on any atom is -0.384 e. The molecule has 1 aliphatic heterocycles. The second-order valence-electron chi connectivity index (χ2n) is 3.72. The molecule has 0 amide bonds. The van der Waals surface area contributed by atoms with E-state index in [9.17, 15) is 14.9 Å². The fourth-order valence-corrected chi connectivity index (χ4v) is 1.63. The van der Waals surface area contributed by atoms with Crippen molar-refractivity contribution in [3.05, 3.63) is 39.9 Å². The van der Waals surface area contributed by atoms with Gasteiger partial charge in [-0.3, -0.25) is 14.9 Å². The molecule has 0 bridgehead atoms. The minimum atomic E-state index is -0.621. The van der Waals surface area contributed by atoms with Crippen LogP contribution < -0.4 is 0 Å². The predicted octanol–water partition coefficient (Wildman–Crippen LogP) is 1.68. The second kappa shape index (κ2) is 4.32. The molecule has 6 heteroatoms. The van der Waals surface area contributed by atoms with E-state index in [4.69, 9.17) is 4.84 Å². The summed E-state index contributed by atoms with van der Waals surface area (Å²) in [5.41, 5.74) is 0.817. The zero-order valence-corrected chi connectivity index (χ0v) is 9.12. The van der Waals surface area contributed by atoms with Gasteiger partial charge in [-0.25, -0.2) is 0 Å². The second-order valence-corrected chi connectivity index (χ2v) is 3.72. The van der Waals surface area contributed by atoms with Crippen LogP contribution in [-0.4, -0.2) is 22.5 Å². The lowest BCUT2D eigenvalue weighted by atomic mass is 10.0. The summed E-state index contributed by atoms with van der Waals surface area (Å²) in [5, 5.41) is 14.6. The summed E-state index contributed by atoms with van der Waals surface area (Å²) in [6, 6.07) is 6.27. The van der Waals surface area contributed by atoms with Crippen molar-refractivity contribution >= 4 is 17.2 Å². The Bertz CT molecular complexity index is 510. The van der Waals surface area contributed by atoms with E-state index in [0.29, 0.717) is 11.3 Å². The Balaban J connectivity index is 2.31. The molecule has 0 saturated carbocycles. The lowest BCUT2D eigenvalue weighted by molar-refractivity contribution is -0.385. The van der Waals surface area contributed by atoms with E-state index in [1.54, 1.807) is 18.2 Å². The first-order chi connectivity index (χ1) is 8.09. The summed E-state index contributed by atoms with van der Waals surface area (Å²) in [6.45, 7) is 1.41. The molecule has 0 saturated heterocycles. The van der Waals surface area contributed by atoms with E-state index in [-0.39, 0.29) is 17.9 Å². The number of carbonyl (C=O) groups excluding carboxylic acids is 1. The van der Waals surface area contributed by atoms with Gasteiger partial charge in [0.2, 0.25) is 0 Å². The monoisotopic (exact) mass is 234 g/mol. The van der Waals surface area contributed by atoms with Crippen molar-refractivity contribution in [3.8, 4) is 0 Å². The number of rotatable bonds is 3. The summed E-state index contributed by atoms with van der Waals surface area (Å²) in [4.78, 5) is 26.4. The van der Waals surface area contributed by atoms with Crippen LogP contribution >= 0.6 is 0 Å². The molecule has 0 aromatic heterocycles. The van der Waals surface area contributed by atoms with E-state index in [0.717, 1.165) is 0 Å².